The lowest BCUT2D eigenvalue weighted by molar-refractivity contribution is -0.125. The van der Waals surface area contributed by atoms with Gasteiger partial charge in [0, 0.05) is 23.3 Å². The van der Waals surface area contributed by atoms with Crippen molar-refractivity contribution < 1.29 is 13.2 Å². The van der Waals surface area contributed by atoms with Crippen LogP contribution in [-0.4, -0.2) is 20.9 Å². The van der Waals surface area contributed by atoms with Crippen molar-refractivity contribution in [1.29, 1.82) is 0 Å². The molecular formula is C23H30N2O3S. The molecule has 0 spiro atoms. The number of sulfonamides is 1. The molecule has 29 heavy (non-hydrogen) atoms. The normalized spacial score (nSPS) is 14.6. The zero-order chi connectivity index (χ0) is 21.6. The molecule has 2 aromatic carbocycles. The highest BCUT2D eigenvalue weighted by atomic mass is 32.2. The first kappa shape index (κ1) is 21.4. The molecular weight excluding hydrogens is 384 g/mol. The number of hydrogen-bond donors (Lipinski definition) is 1. The molecule has 1 aliphatic heterocycles. The molecule has 0 bridgehead atoms. The second-order valence-electron chi connectivity index (χ2n) is 9.68. The van der Waals surface area contributed by atoms with E-state index in [4.69, 9.17) is 0 Å². The summed E-state index contributed by atoms with van der Waals surface area (Å²) in [6.45, 7) is 12.6. The zero-order valence-electron chi connectivity index (χ0n) is 18.0. The van der Waals surface area contributed by atoms with Gasteiger partial charge >= 0.3 is 0 Å². The lowest BCUT2D eigenvalue weighted by Gasteiger charge is -2.26. The summed E-state index contributed by atoms with van der Waals surface area (Å²) in [6, 6.07) is 12.4. The zero-order valence-corrected chi connectivity index (χ0v) is 18.9. The molecule has 0 saturated heterocycles. The van der Waals surface area contributed by atoms with Crippen LogP contribution in [0.4, 0.5) is 11.4 Å². The predicted octanol–water partition coefficient (Wildman–Crippen LogP) is 4.72. The van der Waals surface area contributed by atoms with Gasteiger partial charge in [-0.15, -0.1) is 0 Å². The van der Waals surface area contributed by atoms with E-state index in [0.717, 1.165) is 16.8 Å². The maximum Gasteiger partial charge on any atom is 0.261 e. The van der Waals surface area contributed by atoms with Gasteiger partial charge in [0.1, 0.15) is 0 Å². The number of rotatable bonds is 3. The number of benzene rings is 2. The third-order valence-electron chi connectivity index (χ3n) is 5.14. The fraction of sp³-hybridized carbons (Fsp3) is 0.435. The highest BCUT2D eigenvalue weighted by Crippen LogP contribution is 2.34. The van der Waals surface area contributed by atoms with Crippen LogP contribution in [0.1, 0.15) is 52.7 Å². The molecule has 1 aliphatic rings. The highest BCUT2D eigenvalue weighted by Gasteiger charge is 2.32. The molecule has 156 valence electrons. The van der Waals surface area contributed by atoms with E-state index in [9.17, 15) is 13.2 Å². The van der Waals surface area contributed by atoms with E-state index < -0.39 is 15.4 Å². The lowest BCUT2D eigenvalue weighted by Crippen LogP contribution is -2.38. The van der Waals surface area contributed by atoms with Gasteiger partial charge in [0.15, 0.2) is 0 Å². The van der Waals surface area contributed by atoms with Crippen LogP contribution >= 0.6 is 0 Å². The van der Waals surface area contributed by atoms with Crippen molar-refractivity contribution in [3.8, 4) is 0 Å². The minimum atomic E-state index is -3.68. The summed E-state index contributed by atoms with van der Waals surface area (Å²) in [6.07, 6.45) is 0.715. The van der Waals surface area contributed by atoms with Crippen LogP contribution in [0.15, 0.2) is 47.4 Å². The van der Waals surface area contributed by atoms with Crippen LogP contribution in [0.2, 0.25) is 0 Å². The van der Waals surface area contributed by atoms with Gasteiger partial charge in [-0.3, -0.25) is 9.52 Å². The number of fused-ring (bicyclic) bond motifs is 1. The second kappa shape index (κ2) is 7.17. The fourth-order valence-corrected chi connectivity index (χ4v) is 4.48. The summed E-state index contributed by atoms with van der Waals surface area (Å²) < 4.78 is 28.2. The first-order valence-electron chi connectivity index (χ1n) is 9.87. The Morgan fingerprint density at radius 1 is 0.966 bits per heavy atom. The van der Waals surface area contributed by atoms with E-state index in [2.05, 4.69) is 25.5 Å². The van der Waals surface area contributed by atoms with E-state index >= 15 is 0 Å². The number of anilines is 2. The van der Waals surface area contributed by atoms with E-state index in [1.807, 2.05) is 45.0 Å². The Labute approximate surface area is 174 Å². The summed E-state index contributed by atoms with van der Waals surface area (Å²) in [5.41, 5.74) is 2.94. The lowest BCUT2D eigenvalue weighted by atomic mass is 9.87. The molecule has 0 fully saturated rings. The van der Waals surface area contributed by atoms with Gasteiger partial charge in [-0.25, -0.2) is 8.42 Å². The quantitative estimate of drug-likeness (QED) is 0.790. The first-order chi connectivity index (χ1) is 13.3. The Morgan fingerprint density at radius 2 is 1.59 bits per heavy atom. The van der Waals surface area contributed by atoms with Crippen LogP contribution in [0, 0.1) is 5.41 Å². The number of amides is 1. The molecule has 2 aromatic rings. The monoisotopic (exact) mass is 414 g/mol. The SMILES string of the molecule is CC(C)(C)C(=O)N1CCc2cc(NS(=O)(=O)c3ccc(C(C)(C)C)cc3)ccc21. The Bertz CT molecular complexity index is 1030. The molecule has 5 nitrogen and oxygen atoms in total. The summed E-state index contributed by atoms with van der Waals surface area (Å²) in [5, 5.41) is 0. The highest BCUT2D eigenvalue weighted by molar-refractivity contribution is 7.92. The van der Waals surface area contributed by atoms with Crippen LogP contribution in [0.3, 0.4) is 0 Å². The van der Waals surface area contributed by atoms with Crippen LogP contribution in [0.25, 0.3) is 0 Å². The first-order valence-corrected chi connectivity index (χ1v) is 11.4. The number of carbonyl (C=O) groups is 1. The van der Waals surface area contributed by atoms with E-state index in [1.165, 1.54) is 0 Å². The number of hydrogen-bond acceptors (Lipinski definition) is 3. The minimum Gasteiger partial charge on any atom is -0.311 e. The predicted molar refractivity (Wildman–Crippen MR) is 118 cm³/mol. The van der Waals surface area contributed by atoms with E-state index in [1.54, 1.807) is 23.1 Å². The summed E-state index contributed by atoms with van der Waals surface area (Å²) in [7, 11) is -3.68. The van der Waals surface area contributed by atoms with Crippen LogP contribution < -0.4 is 9.62 Å². The van der Waals surface area contributed by atoms with E-state index in [-0.39, 0.29) is 16.2 Å². The Morgan fingerprint density at radius 3 is 2.14 bits per heavy atom. The minimum absolute atomic E-state index is 0.0356. The Kier molecular flexibility index (Phi) is 5.28. The summed E-state index contributed by atoms with van der Waals surface area (Å²) in [4.78, 5) is 14.7. The molecule has 0 radical (unpaired) electrons. The van der Waals surface area contributed by atoms with Crippen molar-refractivity contribution in [2.24, 2.45) is 5.41 Å². The van der Waals surface area contributed by atoms with Gasteiger partial charge in [-0.2, -0.15) is 0 Å². The third-order valence-corrected chi connectivity index (χ3v) is 6.54. The largest absolute Gasteiger partial charge is 0.311 e. The van der Waals surface area contributed by atoms with Crippen molar-refractivity contribution in [3.63, 3.8) is 0 Å². The number of nitrogens with one attached hydrogen (secondary N) is 1. The smallest absolute Gasteiger partial charge is 0.261 e. The molecule has 1 heterocycles. The van der Waals surface area contributed by atoms with Gasteiger partial charge in [0.05, 0.1) is 4.90 Å². The average molecular weight is 415 g/mol. The van der Waals surface area contributed by atoms with Gasteiger partial charge in [0.2, 0.25) is 5.91 Å². The van der Waals surface area contributed by atoms with Crippen molar-refractivity contribution in [1.82, 2.24) is 0 Å². The van der Waals surface area contributed by atoms with Gasteiger partial charge in [-0.05, 0) is 53.3 Å². The maximum atomic E-state index is 12.8. The molecule has 6 heteroatoms. The molecule has 0 atom stereocenters. The average Bonchev–Trinajstić information content (AvgIpc) is 3.02. The fourth-order valence-electron chi connectivity index (χ4n) is 3.43. The Balaban J connectivity index is 1.82. The van der Waals surface area contributed by atoms with Gasteiger partial charge in [-0.1, -0.05) is 53.7 Å². The summed E-state index contributed by atoms with van der Waals surface area (Å²) in [5.74, 6) is 0.0727. The molecule has 0 aromatic heterocycles. The molecule has 1 N–H and O–H groups in total. The van der Waals surface area contributed by atoms with Gasteiger partial charge in [0.25, 0.3) is 10.0 Å². The summed E-state index contributed by atoms with van der Waals surface area (Å²) >= 11 is 0. The second-order valence-corrected chi connectivity index (χ2v) is 11.4. The molecule has 0 saturated carbocycles. The van der Waals surface area contributed by atoms with Crippen molar-refractivity contribution >= 4 is 27.3 Å². The molecule has 0 unspecified atom stereocenters. The van der Waals surface area contributed by atoms with Crippen molar-refractivity contribution in [2.75, 3.05) is 16.2 Å². The number of carbonyl (C=O) groups excluding carboxylic acids is 1. The van der Waals surface area contributed by atoms with Crippen LogP contribution in [-0.2, 0) is 26.7 Å². The molecule has 1 amide bonds. The van der Waals surface area contributed by atoms with Crippen molar-refractivity contribution in [3.05, 3.63) is 53.6 Å². The Hall–Kier alpha value is -2.34. The van der Waals surface area contributed by atoms with E-state index in [0.29, 0.717) is 18.7 Å². The van der Waals surface area contributed by atoms with Gasteiger partial charge < -0.3 is 4.90 Å². The topological polar surface area (TPSA) is 66.5 Å². The van der Waals surface area contributed by atoms with Crippen molar-refractivity contribution in [2.45, 2.75) is 58.3 Å². The third kappa shape index (κ3) is 4.47. The molecule has 3 rings (SSSR count). The number of nitrogens with zero attached hydrogens (tertiary/aromatic N) is 1. The standard InChI is InChI=1S/C23H30N2O3S/c1-22(2,3)17-7-10-19(11-8-17)29(27,28)24-18-9-12-20-16(15-18)13-14-25(20)21(26)23(4,5)6/h7-12,15,24H,13-14H2,1-6H3. The van der Waals surface area contributed by atoms with Crippen LogP contribution in [0.5, 0.6) is 0 Å². The molecule has 0 aliphatic carbocycles. The maximum absolute atomic E-state index is 12.8.